The maximum atomic E-state index is 11.9. The van der Waals surface area contributed by atoms with E-state index in [1.807, 2.05) is 20.8 Å². The number of carbonyl (C=O) groups excluding carboxylic acids is 1. The lowest BCUT2D eigenvalue weighted by atomic mass is 9.92. The lowest BCUT2D eigenvalue weighted by Gasteiger charge is -2.17. The second-order valence-electron chi connectivity index (χ2n) is 6.11. The van der Waals surface area contributed by atoms with Crippen molar-refractivity contribution in [2.75, 3.05) is 11.6 Å². The minimum Gasteiger partial charge on any atom is -0.478 e. The number of carboxylic acid groups (broad SMARTS) is 1. The summed E-state index contributed by atoms with van der Waals surface area (Å²) in [6, 6.07) is 3.55. The molecular formula is C14H19NO5S. The van der Waals surface area contributed by atoms with Crippen molar-refractivity contribution in [3.8, 4) is 0 Å². The predicted octanol–water partition coefficient (Wildman–Crippen LogP) is 2.16. The maximum absolute atomic E-state index is 11.9. The Hall–Kier alpha value is -1.89. The molecule has 21 heavy (non-hydrogen) atoms. The minimum absolute atomic E-state index is 0.145. The molecule has 0 unspecified atom stereocenters. The summed E-state index contributed by atoms with van der Waals surface area (Å²) in [5.74, 6) is -1.56. The van der Waals surface area contributed by atoms with E-state index in [1.165, 1.54) is 12.1 Å². The van der Waals surface area contributed by atoms with E-state index in [1.54, 1.807) is 0 Å². The number of hydrogen-bond donors (Lipinski definition) is 2. The summed E-state index contributed by atoms with van der Waals surface area (Å²) in [4.78, 5) is 22.8. The van der Waals surface area contributed by atoms with Gasteiger partial charge < -0.3 is 10.4 Å². The van der Waals surface area contributed by atoms with Crippen LogP contribution in [0.4, 0.5) is 5.69 Å². The fourth-order valence-electron chi connectivity index (χ4n) is 1.70. The highest BCUT2D eigenvalue weighted by atomic mass is 32.2. The van der Waals surface area contributed by atoms with Gasteiger partial charge in [0.1, 0.15) is 0 Å². The lowest BCUT2D eigenvalue weighted by Crippen LogP contribution is -2.20. The van der Waals surface area contributed by atoms with Gasteiger partial charge in [0.05, 0.1) is 10.5 Å². The molecule has 1 aromatic carbocycles. The standard InChI is InChI=1S/C14H19NO5S/c1-14(2,3)8-12(16)15-10-5-9(13(17)18)6-11(7-10)21(4,19)20/h5-7H,8H2,1-4H3,(H,15,16)(H,17,18). The number of anilines is 1. The molecule has 116 valence electrons. The Bertz CT molecular complexity index is 671. The zero-order valence-corrected chi connectivity index (χ0v) is 13.2. The molecule has 0 fully saturated rings. The number of carbonyl (C=O) groups is 2. The summed E-state index contributed by atoms with van der Waals surface area (Å²) in [6.07, 6.45) is 1.22. The molecule has 0 radical (unpaired) electrons. The average molecular weight is 313 g/mol. The first-order chi connectivity index (χ1) is 9.38. The van der Waals surface area contributed by atoms with Crippen LogP contribution in [0, 0.1) is 5.41 Å². The van der Waals surface area contributed by atoms with Gasteiger partial charge in [-0.1, -0.05) is 20.8 Å². The molecule has 2 N–H and O–H groups in total. The molecule has 0 spiro atoms. The van der Waals surface area contributed by atoms with Gasteiger partial charge in [-0.3, -0.25) is 4.79 Å². The van der Waals surface area contributed by atoms with E-state index in [9.17, 15) is 18.0 Å². The number of benzene rings is 1. The first kappa shape index (κ1) is 17.2. The van der Waals surface area contributed by atoms with Crippen molar-refractivity contribution in [3.63, 3.8) is 0 Å². The highest BCUT2D eigenvalue weighted by molar-refractivity contribution is 7.90. The second-order valence-corrected chi connectivity index (χ2v) is 8.12. The number of nitrogens with one attached hydrogen (secondary N) is 1. The van der Waals surface area contributed by atoms with Crippen LogP contribution >= 0.6 is 0 Å². The summed E-state index contributed by atoms with van der Waals surface area (Å²) in [5, 5.41) is 11.6. The second kappa shape index (κ2) is 5.85. The average Bonchev–Trinajstić information content (AvgIpc) is 2.24. The Morgan fingerprint density at radius 3 is 2.19 bits per heavy atom. The third kappa shape index (κ3) is 5.55. The highest BCUT2D eigenvalue weighted by Crippen LogP contribution is 2.22. The SMILES string of the molecule is CC(C)(C)CC(=O)Nc1cc(C(=O)O)cc(S(C)(=O)=O)c1. The molecule has 0 saturated carbocycles. The van der Waals surface area contributed by atoms with Crippen molar-refractivity contribution in [1.29, 1.82) is 0 Å². The molecule has 0 aromatic heterocycles. The fourth-order valence-corrected chi connectivity index (χ4v) is 2.38. The van der Waals surface area contributed by atoms with Crippen LogP contribution in [0.15, 0.2) is 23.1 Å². The van der Waals surface area contributed by atoms with Crippen molar-refractivity contribution < 1.29 is 23.1 Å². The Labute approximate surface area is 124 Å². The van der Waals surface area contributed by atoms with Crippen LogP contribution in [0.1, 0.15) is 37.6 Å². The molecule has 1 rings (SSSR count). The number of carboxylic acids is 1. The van der Waals surface area contributed by atoms with Crippen LogP contribution in [-0.4, -0.2) is 31.7 Å². The van der Waals surface area contributed by atoms with Crippen molar-refractivity contribution in [2.45, 2.75) is 32.1 Å². The van der Waals surface area contributed by atoms with E-state index in [4.69, 9.17) is 5.11 Å². The Morgan fingerprint density at radius 1 is 1.19 bits per heavy atom. The number of rotatable bonds is 4. The molecule has 0 aliphatic carbocycles. The normalized spacial score (nSPS) is 12.0. The molecule has 6 nitrogen and oxygen atoms in total. The van der Waals surface area contributed by atoms with Gasteiger partial charge in [-0.25, -0.2) is 13.2 Å². The van der Waals surface area contributed by atoms with Gasteiger partial charge in [0.25, 0.3) is 0 Å². The zero-order chi connectivity index (χ0) is 16.4. The molecule has 0 aliphatic heterocycles. The van der Waals surface area contributed by atoms with Crippen molar-refractivity contribution in [1.82, 2.24) is 0 Å². The predicted molar refractivity (Wildman–Crippen MR) is 79.2 cm³/mol. The number of sulfone groups is 1. The van der Waals surface area contributed by atoms with Crippen molar-refractivity contribution >= 4 is 27.4 Å². The lowest BCUT2D eigenvalue weighted by molar-refractivity contribution is -0.117. The van der Waals surface area contributed by atoms with Gasteiger partial charge in [-0.05, 0) is 23.6 Å². The van der Waals surface area contributed by atoms with Crippen LogP contribution < -0.4 is 5.32 Å². The highest BCUT2D eigenvalue weighted by Gasteiger charge is 2.18. The first-order valence-corrected chi connectivity index (χ1v) is 8.16. The minimum atomic E-state index is -3.57. The van der Waals surface area contributed by atoms with Crippen LogP contribution in [0.25, 0.3) is 0 Å². The summed E-state index contributed by atoms with van der Waals surface area (Å²) in [5.41, 5.74) is -0.262. The van der Waals surface area contributed by atoms with Crippen molar-refractivity contribution in [3.05, 3.63) is 23.8 Å². The smallest absolute Gasteiger partial charge is 0.335 e. The molecule has 0 saturated heterocycles. The molecule has 0 heterocycles. The summed E-state index contributed by atoms with van der Waals surface area (Å²) in [6.45, 7) is 5.67. The maximum Gasteiger partial charge on any atom is 0.335 e. The Morgan fingerprint density at radius 2 is 1.76 bits per heavy atom. The number of hydrogen-bond acceptors (Lipinski definition) is 4. The quantitative estimate of drug-likeness (QED) is 0.887. The number of aromatic carboxylic acids is 1. The van der Waals surface area contributed by atoms with Gasteiger partial charge in [0.2, 0.25) is 5.91 Å². The molecule has 1 aromatic rings. The van der Waals surface area contributed by atoms with E-state index >= 15 is 0 Å². The molecule has 0 aliphatic rings. The third-order valence-electron chi connectivity index (χ3n) is 2.56. The van der Waals surface area contributed by atoms with Crippen molar-refractivity contribution in [2.24, 2.45) is 5.41 Å². The summed E-state index contributed by atoms with van der Waals surface area (Å²) >= 11 is 0. The van der Waals surface area contributed by atoms with Gasteiger partial charge in [-0.2, -0.15) is 0 Å². The van der Waals surface area contributed by atoms with Gasteiger partial charge in [0.15, 0.2) is 9.84 Å². The molecule has 1 amide bonds. The summed E-state index contributed by atoms with van der Waals surface area (Å²) < 4.78 is 23.1. The fraction of sp³-hybridized carbons (Fsp3) is 0.429. The molecule has 7 heteroatoms. The van der Waals surface area contributed by atoms with Gasteiger partial charge >= 0.3 is 5.97 Å². The molecule has 0 atom stereocenters. The van der Waals surface area contributed by atoms with Crippen LogP contribution in [0.2, 0.25) is 0 Å². The summed E-state index contributed by atoms with van der Waals surface area (Å²) in [7, 11) is -3.57. The van der Waals surface area contributed by atoms with E-state index in [0.29, 0.717) is 0 Å². The molecular weight excluding hydrogens is 294 g/mol. The number of amides is 1. The van der Waals surface area contributed by atoms with Gasteiger partial charge in [0, 0.05) is 18.4 Å². The van der Waals surface area contributed by atoms with Crippen LogP contribution in [0.3, 0.4) is 0 Å². The van der Waals surface area contributed by atoms with Gasteiger partial charge in [-0.15, -0.1) is 0 Å². The van der Waals surface area contributed by atoms with E-state index in [-0.39, 0.29) is 33.9 Å². The van der Waals surface area contributed by atoms with E-state index in [2.05, 4.69) is 5.32 Å². The monoisotopic (exact) mass is 313 g/mol. The largest absolute Gasteiger partial charge is 0.478 e. The van der Waals surface area contributed by atoms with Crippen LogP contribution in [0.5, 0.6) is 0 Å². The topological polar surface area (TPSA) is 101 Å². The first-order valence-electron chi connectivity index (χ1n) is 6.27. The van der Waals surface area contributed by atoms with E-state index in [0.717, 1.165) is 12.3 Å². The zero-order valence-electron chi connectivity index (χ0n) is 12.4. The van der Waals surface area contributed by atoms with E-state index < -0.39 is 15.8 Å². The Kier molecular flexibility index (Phi) is 4.78. The molecule has 0 bridgehead atoms. The Balaban J connectivity index is 3.16. The third-order valence-corrected chi connectivity index (χ3v) is 3.65. The van der Waals surface area contributed by atoms with Crippen LogP contribution in [-0.2, 0) is 14.6 Å².